The van der Waals surface area contributed by atoms with Crippen molar-refractivity contribution in [3.05, 3.63) is 0 Å². The van der Waals surface area contributed by atoms with E-state index in [1.54, 1.807) is 7.11 Å². The van der Waals surface area contributed by atoms with E-state index in [-0.39, 0.29) is 5.97 Å². The standard InChI is InChI=1S/C15H30N2O3/c1-6-16-15(14(18)20-5)9-7-8-13(10-15)17(3)12(2)11-19-4/h12-13,16H,6-11H2,1-5H3. The minimum atomic E-state index is -0.520. The topological polar surface area (TPSA) is 50.8 Å². The highest BCUT2D eigenvalue weighted by molar-refractivity contribution is 5.81. The average Bonchev–Trinajstić information content (AvgIpc) is 2.46. The maximum Gasteiger partial charge on any atom is 0.326 e. The van der Waals surface area contributed by atoms with Crippen LogP contribution >= 0.6 is 0 Å². The monoisotopic (exact) mass is 286 g/mol. The number of esters is 1. The molecule has 0 spiro atoms. The van der Waals surface area contributed by atoms with Crippen molar-refractivity contribution < 1.29 is 14.3 Å². The number of hydrogen-bond acceptors (Lipinski definition) is 5. The fourth-order valence-corrected chi connectivity index (χ4v) is 3.26. The molecule has 1 saturated carbocycles. The third-order valence-corrected chi connectivity index (χ3v) is 4.50. The summed E-state index contributed by atoms with van der Waals surface area (Å²) < 4.78 is 10.3. The van der Waals surface area contributed by atoms with Gasteiger partial charge in [-0.2, -0.15) is 0 Å². The first-order valence-corrected chi connectivity index (χ1v) is 7.55. The molecule has 0 aromatic heterocycles. The van der Waals surface area contributed by atoms with Crippen molar-refractivity contribution in [2.24, 2.45) is 0 Å². The summed E-state index contributed by atoms with van der Waals surface area (Å²) in [6, 6.07) is 0.729. The summed E-state index contributed by atoms with van der Waals surface area (Å²) in [5, 5.41) is 3.37. The molecule has 1 fully saturated rings. The van der Waals surface area contributed by atoms with Gasteiger partial charge < -0.3 is 14.8 Å². The molecule has 118 valence electrons. The molecular formula is C15H30N2O3. The normalized spacial score (nSPS) is 28.4. The molecule has 0 bridgehead atoms. The molecule has 1 rings (SSSR count). The van der Waals surface area contributed by atoms with Gasteiger partial charge in [0.15, 0.2) is 0 Å². The van der Waals surface area contributed by atoms with Gasteiger partial charge in [0, 0.05) is 19.2 Å². The van der Waals surface area contributed by atoms with Crippen molar-refractivity contribution >= 4 is 5.97 Å². The van der Waals surface area contributed by atoms with E-state index in [1.807, 2.05) is 6.92 Å². The zero-order chi connectivity index (χ0) is 15.2. The van der Waals surface area contributed by atoms with Crippen molar-refractivity contribution in [1.82, 2.24) is 10.2 Å². The molecule has 0 saturated heterocycles. The number of carbonyl (C=O) groups is 1. The van der Waals surface area contributed by atoms with Gasteiger partial charge in [-0.05, 0) is 46.2 Å². The van der Waals surface area contributed by atoms with Crippen LogP contribution in [0.4, 0.5) is 0 Å². The number of rotatable bonds is 7. The second-order valence-corrected chi connectivity index (χ2v) is 5.82. The SMILES string of the molecule is CCNC1(C(=O)OC)CCCC(N(C)C(C)COC)C1. The second kappa shape index (κ2) is 7.96. The predicted octanol–water partition coefficient (Wildman–Crippen LogP) is 1.42. The highest BCUT2D eigenvalue weighted by Crippen LogP contribution is 2.32. The smallest absolute Gasteiger partial charge is 0.326 e. The molecule has 0 aromatic carbocycles. The van der Waals surface area contributed by atoms with Crippen LogP contribution < -0.4 is 5.32 Å². The lowest BCUT2D eigenvalue weighted by Crippen LogP contribution is -2.59. The summed E-state index contributed by atoms with van der Waals surface area (Å²) in [5.74, 6) is -0.128. The minimum absolute atomic E-state index is 0.128. The Hall–Kier alpha value is -0.650. The van der Waals surface area contributed by atoms with Crippen molar-refractivity contribution in [2.75, 3.05) is 34.4 Å². The van der Waals surface area contributed by atoms with Crippen LogP contribution in [0, 0.1) is 0 Å². The highest BCUT2D eigenvalue weighted by atomic mass is 16.5. The Kier molecular flexibility index (Phi) is 6.92. The number of likely N-dealkylation sites (N-methyl/N-ethyl adjacent to an activating group) is 2. The molecule has 0 radical (unpaired) electrons. The molecule has 0 aliphatic heterocycles. The van der Waals surface area contributed by atoms with Crippen LogP contribution in [0.5, 0.6) is 0 Å². The van der Waals surface area contributed by atoms with Gasteiger partial charge in [-0.3, -0.25) is 9.69 Å². The first kappa shape index (κ1) is 17.4. The Labute approximate surface area is 123 Å². The van der Waals surface area contributed by atoms with E-state index in [0.29, 0.717) is 18.7 Å². The molecule has 0 aromatic rings. The maximum absolute atomic E-state index is 12.2. The Morgan fingerprint density at radius 3 is 2.75 bits per heavy atom. The molecule has 5 nitrogen and oxygen atoms in total. The van der Waals surface area contributed by atoms with E-state index >= 15 is 0 Å². The van der Waals surface area contributed by atoms with E-state index in [4.69, 9.17) is 9.47 Å². The summed E-state index contributed by atoms with van der Waals surface area (Å²) in [4.78, 5) is 14.5. The Morgan fingerprint density at radius 2 is 2.20 bits per heavy atom. The molecule has 5 heteroatoms. The van der Waals surface area contributed by atoms with Gasteiger partial charge in [0.2, 0.25) is 0 Å². The lowest BCUT2D eigenvalue weighted by Gasteiger charge is -2.43. The Bertz CT molecular complexity index is 307. The zero-order valence-electron chi connectivity index (χ0n) is 13.6. The molecule has 1 aliphatic carbocycles. The van der Waals surface area contributed by atoms with E-state index in [0.717, 1.165) is 32.2 Å². The largest absolute Gasteiger partial charge is 0.468 e. The van der Waals surface area contributed by atoms with Gasteiger partial charge in [0.05, 0.1) is 13.7 Å². The van der Waals surface area contributed by atoms with Crippen molar-refractivity contribution in [1.29, 1.82) is 0 Å². The quantitative estimate of drug-likeness (QED) is 0.717. The first-order chi connectivity index (χ1) is 9.50. The van der Waals surface area contributed by atoms with E-state index in [1.165, 1.54) is 7.11 Å². The van der Waals surface area contributed by atoms with E-state index in [9.17, 15) is 4.79 Å². The lowest BCUT2D eigenvalue weighted by molar-refractivity contribution is -0.151. The number of carbonyl (C=O) groups excluding carboxylic acids is 1. The molecule has 3 atom stereocenters. The van der Waals surface area contributed by atoms with Gasteiger partial charge in [0.25, 0.3) is 0 Å². The van der Waals surface area contributed by atoms with Crippen LogP contribution in [0.25, 0.3) is 0 Å². The maximum atomic E-state index is 12.2. The number of ether oxygens (including phenoxy) is 2. The number of nitrogens with one attached hydrogen (secondary N) is 1. The van der Waals surface area contributed by atoms with Gasteiger partial charge in [-0.25, -0.2) is 0 Å². The number of nitrogens with zero attached hydrogens (tertiary/aromatic N) is 1. The average molecular weight is 286 g/mol. The Morgan fingerprint density at radius 1 is 1.50 bits per heavy atom. The van der Waals surface area contributed by atoms with E-state index in [2.05, 4.69) is 24.2 Å². The number of methoxy groups -OCH3 is 2. The molecule has 0 amide bonds. The van der Waals surface area contributed by atoms with Gasteiger partial charge in [0.1, 0.15) is 5.54 Å². The fraction of sp³-hybridized carbons (Fsp3) is 0.933. The van der Waals surface area contributed by atoms with Crippen molar-refractivity contribution in [2.45, 2.75) is 57.2 Å². The third kappa shape index (κ3) is 3.93. The molecule has 1 aliphatic rings. The third-order valence-electron chi connectivity index (χ3n) is 4.50. The molecule has 3 unspecified atom stereocenters. The highest BCUT2D eigenvalue weighted by Gasteiger charge is 2.44. The van der Waals surface area contributed by atoms with Crippen LogP contribution in [0.1, 0.15) is 39.5 Å². The van der Waals surface area contributed by atoms with Crippen LogP contribution in [0.3, 0.4) is 0 Å². The van der Waals surface area contributed by atoms with Crippen molar-refractivity contribution in [3.8, 4) is 0 Å². The second-order valence-electron chi connectivity index (χ2n) is 5.82. The Balaban J connectivity index is 2.79. The minimum Gasteiger partial charge on any atom is -0.468 e. The van der Waals surface area contributed by atoms with Crippen LogP contribution in [0.2, 0.25) is 0 Å². The molecule has 1 N–H and O–H groups in total. The van der Waals surface area contributed by atoms with Gasteiger partial charge >= 0.3 is 5.97 Å². The van der Waals surface area contributed by atoms with Gasteiger partial charge in [-0.15, -0.1) is 0 Å². The molecule has 0 heterocycles. The van der Waals surface area contributed by atoms with E-state index < -0.39 is 5.54 Å². The van der Waals surface area contributed by atoms with Crippen LogP contribution in [0.15, 0.2) is 0 Å². The summed E-state index contributed by atoms with van der Waals surface area (Å²) in [5.41, 5.74) is -0.520. The lowest BCUT2D eigenvalue weighted by atomic mass is 9.78. The summed E-state index contributed by atoms with van der Waals surface area (Å²) >= 11 is 0. The number of hydrogen-bond donors (Lipinski definition) is 1. The summed E-state index contributed by atoms with van der Waals surface area (Å²) in [6.07, 6.45) is 3.82. The van der Waals surface area contributed by atoms with Crippen molar-refractivity contribution in [3.63, 3.8) is 0 Å². The summed E-state index contributed by atoms with van der Waals surface area (Å²) in [6.45, 7) is 5.68. The first-order valence-electron chi connectivity index (χ1n) is 7.55. The fourth-order valence-electron chi connectivity index (χ4n) is 3.26. The molecule has 20 heavy (non-hydrogen) atoms. The van der Waals surface area contributed by atoms with Crippen LogP contribution in [-0.2, 0) is 14.3 Å². The van der Waals surface area contributed by atoms with Crippen LogP contribution in [-0.4, -0.2) is 62.9 Å². The van der Waals surface area contributed by atoms with Gasteiger partial charge in [-0.1, -0.05) is 6.92 Å². The molecular weight excluding hydrogens is 256 g/mol. The zero-order valence-corrected chi connectivity index (χ0v) is 13.6. The summed E-state index contributed by atoms with van der Waals surface area (Å²) in [7, 11) is 5.32. The predicted molar refractivity (Wildman–Crippen MR) is 79.8 cm³/mol.